The first-order valence-corrected chi connectivity index (χ1v) is 9.69. The lowest BCUT2D eigenvalue weighted by Gasteiger charge is -2.11. The fraction of sp³-hybridized carbons (Fsp3) is 0.235. The molecule has 3 aromatic rings. The minimum Gasteiger partial charge on any atom is -0.495 e. The first-order chi connectivity index (χ1) is 13.0. The van der Waals surface area contributed by atoms with Crippen molar-refractivity contribution in [3.8, 4) is 11.6 Å². The van der Waals surface area contributed by atoms with Gasteiger partial charge >= 0.3 is 0 Å². The molecule has 0 aliphatic heterocycles. The van der Waals surface area contributed by atoms with Crippen LogP contribution in [0.2, 0.25) is 0 Å². The molecule has 9 nitrogen and oxygen atoms in total. The quantitative estimate of drug-likeness (QED) is 0.561. The second-order valence-corrected chi connectivity index (χ2v) is 7.37. The van der Waals surface area contributed by atoms with Gasteiger partial charge in [-0.15, -0.1) is 0 Å². The van der Waals surface area contributed by atoms with E-state index in [0.29, 0.717) is 23.9 Å². The Morgan fingerprint density at radius 1 is 1.15 bits per heavy atom. The maximum atomic E-state index is 12.4. The summed E-state index contributed by atoms with van der Waals surface area (Å²) in [5.74, 6) is 1.49. The number of hydrogen-bond donors (Lipinski definition) is 2. The number of anilines is 1. The molecular formula is C17H20N6O3S. The highest BCUT2D eigenvalue weighted by atomic mass is 32.2. The van der Waals surface area contributed by atoms with Crippen molar-refractivity contribution < 1.29 is 13.2 Å². The molecule has 27 heavy (non-hydrogen) atoms. The van der Waals surface area contributed by atoms with E-state index in [4.69, 9.17) is 4.74 Å². The molecule has 0 aliphatic carbocycles. The predicted molar refractivity (Wildman–Crippen MR) is 101 cm³/mol. The summed E-state index contributed by atoms with van der Waals surface area (Å²) in [6.07, 6.45) is 3.23. The van der Waals surface area contributed by atoms with Crippen molar-refractivity contribution in [2.24, 2.45) is 0 Å². The molecule has 2 aromatic heterocycles. The smallest absolute Gasteiger partial charge is 0.244 e. The van der Waals surface area contributed by atoms with Gasteiger partial charge in [0.15, 0.2) is 5.82 Å². The molecular weight excluding hydrogens is 368 g/mol. The van der Waals surface area contributed by atoms with E-state index in [2.05, 4.69) is 25.1 Å². The van der Waals surface area contributed by atoms with Crippen molar-refractivity contribution in [3.63, 3.8) is 0 Å². The summed E-state index contributed by atoms with van der Waals surface area (Å²) in [6, 6.07) is 10.1. The largest absolute Gasteiger partial charge is 0.495 e. The predicted octanol–water partition coefficient (Wildman–Crippen LogP) is 1.37. The van der Waals surface area contributed by atoms with Crippen LogP contribution in [0.25, 0.3) is 5.82 Å². The Hall–Kier alpha value is -2.98. The van der Waals surface area contributed by atoms with Crippen LogP contribution in [0.3, 0.4) is 0 Å². The van der Waals surface area contributed by atoms with E-state index >= 15 is 0 Å². The van der Waals surface area contributed by atoms with Crippen LogP contribution in [0.4, 0.5) is 5.82 Å². The molecule has 0 radical (unpaired) electrons. The van der Waals surface area contributed by atoms with E-state index in [-0.39, 0.29) is 11.4 Å². The van der Waals surface area contributed by atoms with Gasteiger partial charge in [-0.25, -0.2) is 27.8 Å². The van der Waals surface area contributed by atoms with Crippen LogP contribution in [0, 0.1) is 6.92 Å². The molecule has 0 unspecified atom stereocenters. The Balaban J connectivity index is 1.59. The molecule has 1 aromatic carbocycles. The van der Waals surface area contributed by atoms with Crippen molar-refractivity contribution in [2.45, 2.75) is 11.8 Å². The SMILES string of the molecule is COc1ccccc1S(=O)(=O)NCCNc1cc(-n2ccc(C)n2)ncn1. The van der Waals surface area contributed by atoms with Gasteiger partial charge in [-0.3, -0.25) is 0 Å². The Bertz CT molecular complexity index is 1020. The summed E-state index contributed by atoms with van der Waals surface area (Å²) in [5, 5.41) is 7.36. The Morgan fingerprint density at radius 2 is 1.96 bits per heavy atom. The van der Waals surface area contributed by atoms with Crippen molar-refractivity contribution in [1.82, 2.24) is 24.5 Å². The molecule has 2 N–H and O–H groups in total. The zero-order valence-corrected chi connectivity index (χ0v) is 15.8. The fourth-order valence-corrected chi connectivity index (χ4v) is 3.61. The van der Waals surface area contributed by atoms with E-state index in [1.54, 1.807) is 28.9 Å². The van der Waals surface area contributed by atoms with Gasteiger partial charge in [0.2, 0.25) is 10.0 Å². The van der Waals surface area contributed by atoms with E-state index in [1.807, 2.05) is 19.2 Å². The number of benzene rings is 1. The first kappa shape index (κ1) is 18.8. The van der Waals surface area contributed by atoms with Crippen LogP contribution >= 0.6 is 0 Å². The number of ether oxygens (including phenoxy) is 1. The van der Waals surface area contributed by atoms with Gasteiger partial charge in [0.1, 0.15) is 22.8 Å². The Morgan fingerprint density at radius 3 is 2.70 bits per heavy atom. The Kier molecular flexibility index (Phi) is 5.67. The highest BCUT2D eigenvalue weighted by molar-refractivity contribution is 7.89. The molecule has 0 saturated heterocycles. The lowest BCUT2D eigenvalue weighted by molar-refractivity contribution is 0.402. The monoisotopic (exact) mass is 388 g/mol. The third-order valence-corrected chi connectivity index (χ3v) is 5.19. The fourth-order valence-electron chi connectivity index (χ4n) is 2.41. The van der Waals surface area contributed by atoms with Gasteiger partial charge < -0.3 is 10.1 Å². The van der Waals surface area contributed by atoms with E-state index < -0.39 is 10.0 Å². The van der Waals surface area contributed by atoms with Crippen molar-refractivity contribution in [1.29, 1.82) is 0 Å². The summed E-state index contributed by atoms with van der Waals surface area (Å²) >= 11 is 0. The molecule has 0 saturated carbocycles. The number of aromatic nitrogens is 4. The minimum absolute atomic E-state index is 0.103. The zero-order valence-electron chi connectivity index (χ0n) is 15.0. The average Bonchev–Trinajstić information content (AvgIpc) is 3.12. The highest BCUT2D eigenvalue weighted by Crippen LogP contribution is 2.22. The van der Waals surface area contributed by atoms with Crippen LogP contribution in [0.1, 0.15) is 5.69 Å². The first-order valence-electron chi connectivity index (χ1n) is 8.21. The van der Waals surface area contributed by atoms with Crippen molar-refractivity contribution >= 4 is 15.8 Å². The lowest BCUT2D eigenvalue weighted by atomic mass is 10.3. The van der Waals surface area contributed by atoms with Crippen LogP contribution < -0.4 is 14.8 Å². The minimum atomic E-state index is -3.67. The normalized spacial score (nSPS) is 11.3. The van der Waals surface area contributed by atoms with E-state index in [9.17, 15) is 8.42 Å². The lowest BCUT2D eigenvalue weighted by Crippen LogP contribution is -2.29. The number of methoxy groups -OCH3 is 1. The number of nitrogens with zero attached hydrogens (tertiary/aromatic N) is 4. The average molecular weight is 388 g/mol. The standard InChI is InChI=1S/C17H20N6O3S/c1-13-7-10-23(22-13)17-11-16(19-12-20-17)18-8-9-21-27(24,25)15-6-4-3-5-14(15)26-2/h3-7,10-12,21H,8-9H2,1-2H3,(H,18,19,20). The Labute approximate surface area is 157 Å². The van der Waals surface area contributed by atoms with Crippen LogP contribution in [0.15, 0.2) is 53.8 Å². The van der Waals surface area contributed by atoms with Crippen LogP contribution in [-0.4, -0.2) is 48.4 Å². The molecule has 142 valence electrons. The molecule has 3 rings (SSSR count). The summed E-state index contributed by atoms with van der Waals surface area (Å²) < 4.78 is 34.1. The van der Waals surface area contributed by atoms with E-state index in [0.717, 1.165) is 5.69 Å². The molecule has 2 heterocycles. The summed E-state index contributed by atoms with van der Waals surface area (Å²) in [6.45, 7) is 2.42. The molecule has 0 amide bonds. The highest BCUT2D eigenvalue weighted by Gasteiger charge is 2.18. The third kappa shape index (κ3) is 4.60. The number of nitrogens with one attached hydrogen (secondary N) is 2. The second kappa shape index (κ2) is 8.14. The summed E-state index contributed by atoms with van der Waals surface area (Å²) in [7, 11) is -2.23. The van der Waals surface area contributed by atoms with Gasteiger partial charge in [-0.05, 0) is 25.1 Å². The zero-order chi connectivity index (χ0) is 19.3. The summed E-state index contributed by atoms with van der Waals surface area (Å²) in [5.41, 5.74) is 0.883. The molecule has 10 heteroatoms. The molecule has 0 fully saturated rings. The number of para-hydroxylation sites is 1. The van der Waals surface area contributed by atoms with Crippen LogP contribution in [-0.2, 0) is 10.0 Å². The van der Waals surface area contributed by atoms with Crippen molar-refractivity contribution in [2.75, 3.05) is 25.5 Å². The van der Waals surface area contributed by atoms with Gasteiger partial charge in [0.05, 0.1) is 12.8 Å². The molecule has 0 bridgehead atoms. The maximum Gasteiger partial charge on any atom is 0.244 e. The number of sulfonamides is 1. The third-order valence-electron chi connectivity index (χ3n) is 3.69. The van der Waals surface area contributed by atoms with Gasteiger partial charge in [0.25, 0.3) is 0 Å². The van der Waals surface area contributed by atoms with Gasteiger partial charge in [-0.1, -0.05) is 12.1 Å². The number of rotatable bonds is 8. The van der Waals surface area contributed by atoms with Crippen molar-refractivity contribution in [3.05, 3.63) is 54.6 Å². The van der Waals surface area contributed by atoms with E-state index in [1.165, 1.54) is 19.5 Å². The molecule has 0 spiro atoms. The summed E-state index contributed by atoms with van der Waals surface area (Å²) in [4.78, 5) is 8.41. The molecule has 0 atom stereocenters. The topological polar surface area (TPSA) is 111 Å². The van der Waals surface area contributed by atoms with Gasteiger partial charge in [0, 0.05) is 25.4 Å². The number of aryl methyl sites for hydroxylation is 1. The molecule has 0 aliphatic rings. The number of hydrogen-bond acceptors (Lipinski definition) is 7. The second-order valence-electron chi connectivity index (χ2n) is 5.64. The maximum absolute atomic E-state index is 12.4. The van der Waals surface area contributed by atoms with Crippen LogP contribution in [0.5, 0.6) is 5.75 Å². The van der Waals surface area contributed by atoms with Gasteiger partial charge in [-0.2, -0.15) is 5.10 Å².